The molecule has 1 aliphatic rings. The second-order valence-electron chi connectivity index (χ2n) is 5.47. The Kier molecular flexibility index (Phi) is 5.29. The third kappa shape index (κ3) is 4.45. The molecule has 1 fully saturated rings. The quantitative estimate of drug-likeness (QED) is 0.815. The number of carbonyl (C=O) groups is 1. The van der Waals surface area contributed by atoms with Crippen molar-refractivity contribution in [1.82, 2.24) is 20.2 Å². The minimum Gasteiger partial charge on any atom is -0.369 e. The topological polar surface area (TPSA) is 70.2 Å². The Morgan fingerprint density at radius 3 is 2.80 bits per heavy atom. The van der Waals surface area contributed by atoms with Crippen LogP contribution in [0.3, 0.4) is 0 Å². The van der Waals surface area contributed by atoms with Gasteiger partial charge in [0.15, 0.2) is 0 Å². The maximum Gasteiger partial charge on any atom is 0.270 e. The fourth-order valence-corrected chi connectivity index (χ4v) is 2.32. The van der Waals surface area contributed by atoms with E-state index in [2.05, 4.69) is 25.5 Å². The molecule has 1 aromatic heterocycles. The summed E-state index contributed by atoms with van der Waals surface area (Å²) in [5.41, 5.74) is 0.430. The SMILES string of the molecule is CN(C)CCNc1cc(C(=O)NC2CCCC2)ncn1. The van der Waals surface area contributed by atoms with Gasteiger partial charge >= 0.3 is 0 Å². The van der Waals surface area contributed by atoms with Crippen LogP contribution in [0.2, 0.25) is 0 Å². The third-order valence-corrected chi connectivity index (χ3v) is 3.46. The Morgan fingerprint density at radius 1 is 1.35 bits per heavy atom. The first-order chi connectivity index (χ1) is 9.65. The van der Waals surface area contributed by atoms with E-state index < -0.39 is 0 Å². The number of hydrogen-bond donors (Lipinski definition) is 2. The Labute approximate surface area is 120 Å². The van der Waals surface area contributed by atoms with Crippen molar-refractivity contribution >= 4 is 11.7 Å². The monoisotopic (exact) mass is 277 g/mol. The molecule has 1 aliphatic carbocycles. The van der Waals surface area contributed by atoms with Gasteiger partial charge in [0.2, 0.25) is 0 Å². The van der Waals surface area contributed by atoms with Crippen molar-refractivity contribution in [3.8, 4) is 0 Å². The highest BCUT2D eigenvalue weighted by atomic mass is 16.1. The van der Waals surface area contributed by atoms with Crippen LogP contribution in [-0.4, -0.2) is 54.0 Å². The number of rotatable bonds is 6. The summed E-state index contributed by atoms with van der Waals surface area (Å²) < 4.78 is 0. The molecule has 110 valence electrons. The van der Waals surface area contributed by atoms with E-state index in [4.69, 9.17) is 0 Å². The van der Waals surface area contributed by atoms with Gasteiger partial charge in [-0.05, 0) is 26.9 Å². The molecule has 2 N–H and O–H groups in total. The average molecular weight is 277 g/mol. The van der Waals surface area contributed by atoms with Crippen LogP contribution in [0.15, 0.2) is 12.4 Å². The van der Waals surface area contributed by atoms with Crippen LogP contribution in [0.5, 0.6) is 0 Å². The Balaban J connectivity index is 1.89. The van der Waals surface area contributed by atoms with Crippen LogP contribution < -0.4 is 10.6 Å². The molecule has 0 saturated heterocycles. The minimum atomic E-state index is -0.102. The second kappa shape index (κ2) is 7.19. The van der Waals surface area contributed by atoms with Gasteiger partial charge in [0.05, 0.1) is 0 Å². The molecular weight excluding hydrogens is 254 g/mol. The lowest BCUT2D eigenvalue weighted by Gasteiger charge is -2.13. The molecule has 20 heavy (non-hydrogen) atoms. The van der Waals surface area contributed by atoms with Gasteiger partial charge in [-0.2, -0.15) is 0 Å². The van der Waals surface area contributed by atoms with E-state index in [9.17, 15) is 4.79 Å². The zero-order chi connectivity index (χ0) is 14.4. The van der Waals surface area contributed by atoms with Gasteiger partial charge in [-0.15, -0.1) is 0 Å². The summed E-state index contributed by atoms with van der Waals surface area (Å²) in [6.45, 7) is 1.70. The van der Waals surface area contributed by atoms with Crippen LogP contribution >= 0.6 is 0 Å². The van der Waals surface area contributed by atoms with Crippen LogP contribution in [0.1, 0.15) is 36.2 Å². The molecule has 6 nitrogen and oxygen atoms in total. The largest absolute Gasteiger partial charge is 0.369 e. The summed E-state index contributed by atoms with van der Waals surface area (Å²) in [5, 5.41) is 6.22. The number of aromatic nitrogens is 2. The van der Waals surface area contributed by atoms with E-state index in [1.54, 1.807) is 6.07 Å². The van der Waals surface area contributed by atoms with Gasteiger partial charge < -0.3 is 15.5 Å². The zero-order valence-corrected chi connectivity index (χ0v) is 12.2. The van der Waals surface area contributed by atoms with E-state index in [0.717, 1.165) is 25.9 Å². The lowest BCUT2D eigenvalue weighted by molar-refractivity contribution is 0.0932. The number of hydrogen-bond acceptors (Lipinski definition) is 5. The summed E-state index contributed by atoms with van der Waals surface area (Å²) in [4.78, 5) is 22.4. The van der Waals surface area contributed by atoms with E-state index in [1.807, 2.05) is 14.1 Å². The predicted octanol–water partition coefficient (Wildman–Crippen LogP) is 1.12. The van der Waals surface area contributed by atoms with Crippen LogP contribution in [0, 0.1) is 0 Å². The summed E-state index contributed by atoms with van der Waals surface area (Å²) >= 11 is 0. The van der Waals surface area contributed by atoms with E-state index in [-0.39, 0.29) is 5.91 Å². The lowest BCUT2D eigenvalue weighted by Crippen LogP contribution is -2.33. The molecule has 0 aliphatic heterocycles. The highest BCUT2D eigenvalue weighted by Gasteiger charge is 2.18. The number of nitrogens with zero attached hydrogens (tertiary/aromatic N) is 3. The van der Waals surface area contributed by atoms with Crippen molar-refractivity contribution in [2.45, 2.75) is 31.7 Å². The molecule has 2 rings (SSSR count). The first-order valence-corrected chi connectivity index (χ1v) is 7.16. The molecule has 0 radical (unpaired) electrons. The van der Waals surface area contributed by atoms with Gasteiger partial charge in [-0.3, -0.25) is 4.79 Å². The first kappa shape index (κ1) is 14.7. The van der Waals surface area contributed by atoms with Crippen molar-refractivity contribution in [1.29, 1.82) is 0 Å². The van der Waals surface area contributed by atoms with E-state index in [0.29, 0.717) is 17.6 Å². The highest BCUT2D eigenvalue weighted by molar-refractivity contribution is 5.93. The van der Waals surface area contributed by atoms with Crippen LogP contribution in [0.4, 0.5) is 5.82 Å². The van der Waals surface area contributed by atoms with Crippen molar-refractivity contribution in [2.75, 3.05) is 32.5 Å². The average Bonchev–Trinajstić information content (AvgIpc) is 2.91. The van der Waals surface area contributed by atoms with Crippen LogP contribution in [0.25, 0.3) is 0 Å². The van der Waals surface area contributed by atoms with Crippen molar-refractivity contribution in [3.05, 3.63) is 18.1 Å². The molecule has 1 amide bonds. The molecule has 0 atom stereocenters. The molecule has 0 aromatic carbocycles. The Bertz CT molecular complexity index is 443. The summed E-state index contributed by atoms with van der Waals surface area (Å²) in [6.07, 6.45) is 5.98. The van der Waals surface area contributed by atoms with Crippen molar-refractivity contribution in [2.24, 2.45) is 0 Å². The summed E-state index contributed by atoms with van der Waals surface area (Å²) in [6, 6.07) is 2.02. The Morgan fingerprint density at radius 2 is 2.10 bits per heavy atom. The number of nitrogens with one attached hydrogen (secondary N) is 2. The van der Waals surface area contributed by atoms with Gasteiger partial charge in [0, 0.05) is 25.2 Å². The predicted molar refractivity (Wildman–Crippen MR) is 78.8 cm³/mol. The van der Waals surface area contributed by atoms with Gasteiger partial charge in [0.25, 0.3) is 5.91 Å². The fraction of sp³-hybridized carbons (Fsp3) is 0.643. The molecule has 6 heteroatoms. The molecule has 1 aromatic rings. The van der Waals surface area contributed by atoms with Crippen LogP contribution in [-0.2, 0) is 0 Å². The maximum atomic E-state index is 12.1. The highest BCUT2D eigenvalue weighted by Crippen LogP contribution is 2.18. The van der Waals surface area contributed by atoms with E-state index >= 15 is 0 Å². The molecule has 1 saturated carbocycles. The zero-order valence-electron chi connectivity index (χ0n) is 12.2. The van der Waals surface area contributed by atoms with Gasteiger partial charge in [-0.1, -0.05) is 12.8 Å². The smallest absolute Gasteiger partial charge is 0.270 e. The first-order valence-electron chi connectivity index (χ1n) is 7.16. The van der Waals surface area contributed by atoms with Crippen molar-refractivity contribution < 1.29 is 4.79 Å². The molecular formula is C14H23N5O. The number of anilines is 1. The summed E-state index contributed by atoms with van der Waals surface area (Å²) in [5.74, 6) is 0.591. The van der Waals surface area contributed by atoms with E-state index in [1.165, 1.54) is 19.2 Å². The third-order valence-electron chi connectivity index (χ3n) is 3.46. The molecule has 0 spiro atoms. The molecule has 1 heterocycles. The lowest BCUT2D eigenvalue weighted by atomic mass is 10.2. The fourth-order valence-electron chi connectivity index (χ4n) is 2.32. The number of amides is 1. The maximum absolute atomic E-state index is 12.1. The second-order valence-corrected chi connectivity index (χ2v) is 5.47. The number of likely N-dealkylation sites (N-methyl/N-ethyl adjacent to an activating group) is 1. The Hall–Kier alpha value is -1.69. The van der Waals surface area contributed by atoms with Crippen molar-refractivity contribution in [3.63, 3.8) is 0 Å². The minimum absolute atomic E-state index is 0.102. The summed E-state index contributed by atoms with van der Waals surface area (Å²) in [7, 11) is 4.03. The molecule has 0 unspecified atom stereocenters. The van der Waals surface area contributed by atoms with Gasteiger partial charge in [0.1, 0.15) is 17.8 Å². The van der Waals surface area contributed by atoms with Gasteiger partial charge in [-0.25, -0.2) is 9.97 Å². The number of carbonyl (C=O) groups excluding carboxylic acids is 1. The molecule has 0 bridgehead atoms. The normalized spacial score (nSPS) is 15.6. The standard InChI is InChI=1S/C14H23N5O/c1-19(2)8-7-15-13-9-12(16-10-17-13)14(20)18-11-5-3-4-6-11/h9-11H,3-8H2,1-2H3,(H,18,20)(H,15,16,17).